The van der Waals surface area contributed by atoms with E-state index < -0.39 is 0 Å². The molecule has 0 atom stereocenters. The fourth-order valence-corrected chi connectivity index (χ4v) is 4.64. The van der Waals surface area contributed by atoms with Gasteiger partial charge in [-0.1, -0.05) is 24.3 Å². The van der Waals surface area contributed by atoms with Crippen molar-refractivity contribution >= 4 is 11.7 Å². The van der Waals surface area contributed by atoms with Crippen LogP contribution in [0.4, 0.5) is 5.82 Å². The molecule has 2 aliphatic heterocycles. The number of piperazine rings is 1. The molecular weight excluding hydrogens is 388 g/mol. The first kappa shape index (κ1) is 19.8. The van der Waals surface area contributed by atoms with Crippen LogP contribution in [0.5, 0.6) is 0 Å². The molecule has 1 N–H and O–H groups in total. The van der Waals surface area contributed by atoms with E-state index in [1.807, 2.05) is 52.2 Å². The van der Waals surface area contributed by atoms with Gasteiger partial charge in [0.05, 0.1) is 23.1 Å². The quantitative estimate of drug-likeness (QED) is 0.708. The normalized spacial score (nSPS) is 17.7. The number of carbonyl (C=O) groups excluding carboxylic acids is 1. The highest BCUT2D eigenvalue weighted by atomic mass is 16.2. The molecule has 1 aromatic carbocycles. The summed E-state index contributed by atoms with van der Waals surface area (Å²) in [7, 11) is 0. The zero-order chi connectivity index (χ0) is 21.0. The van der Waals surface area contributed by atoms with Crippen LogP contribution in [0.2, 0.25) is 0 Å². The number of carbonyl (C=O) groups is 1. The predicted molar refractivity (Wildman–Crippen MR) is 121 cm³/mol. The summed E-state index contributed by atoms with van der Waals surface area (Å²) in [5.41, 5.74) is 2.82. The average molecular weight is 417 g/mol. The monoisotopic (exact) mass is 416 g/mol. The van der Waals surface area contributed by atoms with Gasteiger partial charge in [-0.25, -0.2) is 9.67 Å². The van der Waals surface area contributed by atoms with Crippen LogP contribution in [0.1, 0.15) is 34.8 Å². The topological polar surface area (TPSA) is 66.3 Å². The molecule has 3 aromatic rings. The van der Waals surface area contributed by atoms with Gasteiger partial charge >= 0.3 is 0 Å². The lowest BCUT2D eigenvalue weighted by Gasteiger charge is -2.35. The number of rotatable bonds is 4. The Kier molecular flexibility index (Phi) is 5.67. The molecule has 7 heteroatoms. The molecule has 0 unspecified atom stereocenters. The molecule has 0 bridgehead atoms. The average Bonchev–Trinajstić information content (AvgIpc) is 3.30. The number of pyridine rings is 1. The van der Waals surface area contributed by atoms with E-state index in [2.05, 4.69) is 32.4 Å². The maximum atomic E-state index is 13.6. The van der Waals surface area contributed by atoms with Gasteiger partial charge < -0.3 is 15.1 Å². The Morgan fingerprint density at radius 2 is 1.68 bits per heavy atom. The molecule has 5 rings (SSSR count). The zero-order valence-corrected chi connectivity index (χ0v) is 17.7. The molecule has 31 heavy (non-hydrogen) atoms. The van der Waals surface area contributed by atoms with E-state index in [4.69, 9.17) is 0 Å². The maximum absolute atomic E-state index is 13.6. The van der Waals surface area contributed by atoms with E-state index in [0.29, 0.717) is 19.0 Å². The number of benzene rings is 1. The SMILES string of the molecule is O=C(c1cnn(-c2ccccc2)c1C1CCNCC1)N1CCN(c2ccccn2)CC1. The molecule has 2 saturated heterocycles. The molecule has 7 nitrogen and oxygen atoms in total. The summed E-state index contributed by atoms with van der Waals surface area (Å²) in [6, 6.07) is 16.1. The number of hydrogen-bond acceptors (Lipinski definition) is 5. The molecule has 2 aliphatic rings. The van der Waals surface area contributed by atoms with E-state index in [0.717, 1.165) is 61.8 Å². The van der Waals surface area contributed by atoms with E-state index in [1.165, 1.54) is 0 Å². The van der Waals surface area contributed by atoms with Crippen LogP contribution in [-0.2, 0) is 0 Å². The van der Waals surface area contributed by atoms with Gasteiger partial charge in [0.2, 0.25) is 0 Å². The summed E-state index contributed by atoms with van der Waals surface area (Å²) in [4.78, 5) is 22.2. The second kappa shape index (κ2) is 8.89. The standard InChI is InChI=1S/C24H28N6O/c31-24(29-16-14-28(15-17-29)22-8-4-5-11-26-22)21-18-27-30(20-6-2-1-3-7-20)23(21)19-9-12-25-13-10-19/h1-8,11,18-19,25H,9-10,12-17H2. The zero-order valence-electron chi connectivity index (χ0n) is 17.7. The molecule has 2 aromatic heterocycles. The van der Waals surface area contributed by atoms with Gasteiger partial charge in [-0.15, -0.1) is 0 Å². The van der Waals surface area contributed by atoms with Gasteiger partial charge in [0.15, 0.2) is 0 Å². The van der Waals surface area contributed by atoms with Crippen molar-refractivity contribution in [3.05, 3.63) is 72.2 Å². The van der Waals surface area contributed by atoms with Gasteiger partial charge in [-0.2, -0.15) is 5.10 Å². The summed E-state index contributed by atoms with van der Waals surface area (Å²) >= 11 is 0. The number of nitrogens with zero attached hydrogens (tertiary/aromatic N) is 5. The van der Waals surface area contributed by atoms with Crippen LogP contribution in [0, 0.1) is 0 Å². The van der Waals surface area contributed by atoms with Crippen molar-refractivity contribution in [1.82, 2.24) is 25.0 Å². The highest BCUT2D eigenvalue weighted by molar-refractivity contribution is 5.95. The molecule has 2 fully saturated rings. The summed E-state index contributed by atoms with van der Waals surface area (Å²) in [5, 5.41) is 8.10. The van der Waals surface area contributed by atoms with Gasteiger partial charge in [-0.05, 0) is 50.2 Å². The number of hydrogen-bond donors (Lipinski definition) is 1. The molecule has 0 radical (unpaired) electrons. The first-order chi connectivity index (χ1) is 15.3. The van der Waals surface area contributed by atoms with Crippen molar-refractivity contribution < 1.29 is 4.79 Å². The molecule has 4 heterocycles. The molecular formula is C24H28N6O. The highest BCUT2D eigenvalue weighted by Gasteiger charge is 2.30. The fraction of sp³-hybridized carbons (Fsp3) is 0.375. The minimum Gasteiger partial charge on any atom is -0.353 e. The summed E-state index contributed by atoms with van der Waals surface area (Å²) < 4.78 is 1.98. The van der Waals surface area contributed by atoms with Crippen LogP contribution < -0.4 is 10.2 Å². The number of amides is 1. The number of aromatic nitrogens is 3. The van der Waals surface area contributed by atoms with Crippen LogP contribution in [0.25, 0.3) is 5.69 Å². The number of para-hydroxylation sites is 1. The third-order valence-corrected chi connectivity index (χ3v) is 6.30. The van der Waals surface area contributed by atoms with Gasteiger partial charge in [-0.3, -0.25) is 4.79 Å². The van der Waals surface area contributed by atoms with E-state index in [-0.39, 0.29) is 5.91 Å². The van der Waals surface area contributed by atoms with Gasteiger partial charge in [0.25, 0.3) is 5.91 Å². The lowest BCUT2D eigenvalue weighted by atomic mass is 9.91. The van der Waals surface area contributed by atoms with Crippen LogP contribution >= 0.6 is 0 Å². The second-order valence-corrected chi connectivity index (χ2v) is 8.18. The van der Waals surface area contributed by atoms with E-state index >= 15 is 0 Å². The molecule has 1 amide bonds. The third kappa shape index (κ3) is 4.05. The molecule has 160 valence electrons. The van der Waals surface area contributed by atoms with Crippen molar-refractivity contribution in [2.45, 2.75) is 18.8 Å². The first-order valence-electron chi connectivity index (χ1n) is 11.1. The Hall–Kier alpha value is -3.19. The number of anilines is 1. The van der Waals surface area contributed by atoms with Gasteiger partial charge in [0, 0.05) is 38.3 Å². The molecule has 0 aliphatic carbocycles. The van der Waals surface area contributed by atoms with Crippen molar-refractivity contribution in [1.29, 1.82) is 0 Å². The Bertz CT molecular complexity index is 1010. The van der Waals surface area contributed by atoms with E-state index in [1.54, 1.807) is 6.20 Å². The Labute approximate surface area is 182 Å². The van der Waals surface area contributed by atoms with Crippen molar-refractivity contribution in [3.8, 4) is 5.69 Å². The Morgan fingerprint density at radius 1 is 0.935 bits per heavy atom. The van der Waals surface area contributed by atoms with Crippen LogP contribution in [0.3, 0.4) is 0 Å². The fourth-order valence-electron chi connectivity index (χ4n) is 4.64. The summed E-state index contributed by atoms with van der Waals surface area (Å²) in [6.45, 7) is 4.91. The van der Waals surface area contributed by atoms with Crippen molar-refractivity contribution in [3.63, 3.8) is 0 Å². The molecule has 0 saturated carbocycles. The summed E-state index contributed by atoms with van der Waals surface area (Å²) in [6.07, 6.45) is 5.63. The smallest absolute Gasteiger partial charge is 0.257 e. The van der Waals surface area contributed by atoms with Crippen molar-refractivity contribution in [2.75, 3.05) is 44.2 Å². The lowest BCUT2D eigenvalue weighted by molar-refractivity contribution is 0.0744. The lowest BCUT2D eigenvalue weighted by Crippen LogP contribution is -2.49. The van der Waals surface area contributed by atoms with E-state index in [9.17, 15) is 4.79 Å². The third-order valence-electron chi connectivity index (χ3n) is 6.30. The minimum absolute atomic E-state index is 0.0939. The number of nitrogens with one attached hydrogen (secondary N) is 1. The highest BCUT2D eigenvalue weighted by Crippen LogP contribution is 2.31. The van der Waals surface area contributed by atoms with Gasteiger partial charge in [0.1, 0.15) is 5.82 Å². The van der Waals surface area contributed by atoms with Crippen LogP contribution in [0.15, 0.2) is 60.9 Å². The maximum Gasteiger partial charge on any atom is 0.257 e. The Morgan fingerprint density at radius 3 is 2.39 bits per heavy atom. The molecule has 0 spiro atoms. The second-order valence-electron chi connectivity index (χ2n) is 8.18. The minimum atomic E-state index is 0.0939. The first-order valence-corrected chi connectivity index (χ1v) is 11.1. The van der Waals surface area contributed by atoms with Crippen molar-refractivity contribution in [2.24, 2.45) is 0 Å². The largest absolute Gasteiger partial charge is 0.353 e. The number of piperidine rings is 1. The summed E-state index contributed by atoms with van der Waals surface area (Å²) in [5.74, 6) is 1.40. The van der Waals surface area contributed by atoms with Crippen LogP contribution in [-0.4, -0.2) is 64.8 Å². The predicted octanol–water partition coefficient (Wildman–Crippen LogP) is 2.70. The Balaban J connectivity index is 1.39.